The van der Waals surface area contributed by atoms with E-state index in [1.165, 1.54) is 0 Å². The maximum absolute atomic E-state index is 12.4. The molecular formula is C20H29N3O2. The summed E-state index contributed by atoms with van der Waals surface area (Å²) in [7, 11) is 0. The Hall–Kier alpha value is -1.88. The SMILES string of the molecule is CCC(C)NC(=O)c1cccc(CNC(=O)C2CC23CCNCC3)c1. The fraction of sp³-hybridized carbons (Fsp3) is 0.600. The van der Waals surface area contributed by atoms with Gasteiger partial charge in [0.1, 0.15) is 0 Å². The van der Waals surface area contributed by atoms with Crippen molar-refractivity contribution in [3.05, 3.63) is 35.4 Å². The third kappa shape index (κ3) is 4.21. The van der Waals surface area contributed by atoms with Gasteiger partial charge in [0.25, 0.3) is 5.91 Å². The fourth-order valence-corrected chi connectivity index (χ4v) is 3.74. The molecule has 0 bridgehead atoms. The number of rotatable bonds is 6. The molecule has 5 heteroatoms. The first-order valence-corrected chi connectivity index (χ1v) is 9.42. The molecule has 3 rings (SSSR count). The van der Waals surface area contributed by atoms with Crippen molar-refractivity contribution in [1.82, 2.24) is 16.0 Å². The van der Waals surface area contributed by atoms with E-state index in [-0.39, 0.29) is 29.2 Å². The van der Waals surface area contributed by atoms with Gasteiger partial charge in [0.05, 0.1) is 0 Å². The first kappa shape index (κ1) is 17.9. The molecular weight excluding hydrogens is 314 g/mol. The molecule has 1 heterocycles. The Kier molecular flexibility index (Phi) is 5.42. The molecule has 1 aromatic carbocycles. The fourth-order valence-electron chi connectivity index (χ4n) is 3.74. The molecule has 1 spiro atoms. The molecule has 2 fully saturated rings. The van der Waals surface area contributed by atoms with Crippen LogP contribution in [0.2, 0.25) is 0 Å². The number of piperidine rings is 1. The molecule has 1 aromatic rings. The van der Waals surface area contributed by atoms with Crippen LogP contribution in [0.4, 0.5) is 0 Å². The van der Waals surface area contributed by atoms with Crippen molar-refractivity contribution in [1.29, 1.82) is 0 Å². The molecule has 2 aliphatic rings. The number of hydrogen-bond donors (Lipinski definition) is 3. The topological polar surface area (TPSA) is 70.2 Å². The molecule has 25 heavy (non-hydrogen) atoms. The lowest BCUT2D eigenvalue weighted by Gasteiger charge is -2.23. The molecule has 5 nitrogen and oxygen atoms in total. The predicted molar refractivity (Wildman–Crippen MR) is 98.2 cm³/mol. The summed E-state index contributed by atoms with van der Waals surface area (Å²) in [4.78, 5) is 24.7. The monoisotopic (exact) mass is 343 g/mol. The molecule has 2 amide bonds. The number of carbonyl (C=O) groups excluding carboxylic acids is 2. The van der Waals surface area contributed by atoms with Crippen LogP contribution in [0.5, 0.6) is 0 Å². The molecule has 1 saturated carbocycles. The van der Waals surface area contributed by atoms with Crippen molar-refractivity contribution < 1.29 is 9.59 Å². The Labute approximate surface area is 150 Å². The van der Waals surface area contributed by atoms with Gasteiger partial charge < -0.3 is 16.0 Å². The molecule has 136 valence electrons. The van der Waals surface area contributed by atoms with Crippen LogP contribution in [0.3, 0.4) is 0 Å². The molecule has 1 aliphatic heterocycles. The summed E-state index contributed by atoms with van der Waals surface area (Å²) in [6.45, 7) is 6.57. The van der Waals surface area contributed by atoms with E-state index in [0.717, 1.165) is 44.3 Å². The van der Waals surface area contributed by atoms with Gasteiger partial charge in [0.15, 0.2) is 0 Å². The van der Waals surface area contributed by atoms with Gasteiger partial charge in [-0.25, -0.2) is 0 Å². The van der Waals surface area contributed by atoms with Crippen LogP contribution in [-0.4, -0.2) is 30.9 Å². The van der Waals surface area contributed by atoms with E-state index in [4.69, 9.17) is 0 Å². The normalized spacial score (nSPS) is 22.2. The average Bonchev–Trinajstić information content (AvgIpc) is 3.33. The second kappa shape index (κ2) is 7.56. The smallest absolute Gasteiger partial charge is 0.251 e. The molecule has 0 aromatic heterocycles. The van der Waals surface area contributed by atoms with Gasteiger partial charge in [-0.2, -0.15) is 0 Å². The van der Waals surface area contributed by atoms with Crippen molar-refractivity contribution in [3.63, 3.8) is 0 Å². The summed E-state index contributed by atoms with van der Waals surface area (Å²) in [5, 5.41) is 9.39. The van der Waals surface area contributed by atoms with Gasteiger partial charge >= 0.3 is 0 Å². The lowest BCUT2D eigenvalue weighted by Crippen LogP contribution is -2.33. The van der Waals surface area contributed by atoms with Gasteiger partial charge in [0.2, 0.25) is 5.91 Å². The third-order valence-corrected chi connectivity index (χ3v) is 5.75. The lowest BCUT2D eigenvalue weighted by molar-refractivity contribution is -0.123. The van der Waals surface area contributed by atoms with Crippen LogP contribution in [-0.2, 0) is 11.3 Å². The van der Waals surface area contributed by atoms with Crippen LogP contribution in [0.15, 0.2) is 24.3 Å². The van der Waals surface area contributed by atoms with Gasteiger partial charge in [-0.15, -0.1) is 0 Å². The Morgan fingerprint density at radius 3 is 2.80 bits per heavy atom. The zero-order valence-electron chi connectivity index (χ0n) is 15.2. The number of amides is 2. The molecule has 2 unspecified atom stereocenters. The van der Waals surface area contributed by atoms with Crippen molar-refractivity contribution in [2.24, 2.45) is 11.3 Å². The van der Waals surface area contributed by atoms with E-state index in [9.17, 15) is 9.59 Å². The Bertz CT molecular complexity index is 638. The third-order valence-electron chi connectivity index (χ3n) is 5.75. The molecule has 1 aliphatic carbocycles. The standard InChI is InChI=1S/C20H29N3O2/c1-3-14(2)23-18(24)16-6-4-5-15(11-16)13-22-19(25)17-12-20(17)7-9-21-10-8-20/h4-6,11,14,17,21H,3,7-10,12-13H2,1-2H3,(H,22,25)(H,23,24). The van der Waals surface area contributed by atoms with Gasteiger partial charge in [0, 0.05) is 24.1 Å². The van der Waals surface area contributed by atoms with Crippen LogP contribution < -0.4 is 16.0 Å². The van der Waals surface area contributed by atoms with Crippen LogP contribution in [0, 0.1) is 11.3 Å². The average molecular weight is 343 g/mol. The maximum Gasteiger partial charge on any atom is 0.251 e. The van der Waals surface area contributed by atoms with Crippen LogP contribution >= 0.6 is 0 Å². The second-order valence-electron chi connectivity index (χ2n) is 7.57. The van der Waals surface area contributed by atoms with Crippen molar-refractivity contribution in [2.45, 2.75) is 52.1 Å². The van der Waals surface area contributed by atoms with E-state index in [0.29, 0.717) is 12.1 Å². The highest BCUT2D eigenvalue weighted by Crippen LogP contribution is 2.58. The van der Waals surface area contributed by atoms with E-state index in [2.05, 4.69) is 16.0 Å². The Morgan fingerprint density at radius 2 is 2.08 bits per heavy atom. The van der Waals surface area contributed by atoms with E-state index in [1.54, 1.807) is 0 Å². The second-order valence-corrected chi connectivity index (χ2v) is 7.57. The predicted octanol–water partition coefficient (Wildman–Crippen LogP) is 2.22. The summed E-state index contributed by atoms with van der Waals surface area (Å²) >= 11 is 0. The quantitative estimate of drug-likeness (QED) is 0.742. The zero-order valence-corrected chi connectivity index (χ0v) is 15.2. The van der Waals surface area contributed by atoms with Gasteiger partial charge in [-0.3, -0.25) is 9.59 Å². The zero-order chi connectivity index (χ0) is 17.9. The lowest BCUT2D eigenvalue weighted by atomic mass is 9.92. The van der Waals surface area contributed by atoms with Gasteiger partial charge in [-0.05, 0) is 68.8 Å². The highest BCUT2D eigenvalue weighted by atomic mass is 16.2. The van der Waals surface area contributed by atoms with Gasteiger partial charge in [-0.1, -0.05) is 19.1 Å². The number of benzene rings is 1. The minimum absolute atomic E-state index is 0.0571. The number of hydrogen-bond acceptors (Lipinski definition) is 3. The van der Waals surface area contributed by atoms with E-state index >= 15 is 0 Å². The van der Waals surface area contributed by atoms with Crippen molar-refractivity contribution in [3.8, 4) is 0 Å². The summed E-state index contributed by atoms with van der Waals surface area (Å²) < 4.78 is 0. The van der Waals surface area contributed by atoms with E-state index < -0.39 is 0 Å². The minimum Gasteiger partial charge on any atom is -0.352 e. The Balaban J connectivity index is 1.52. The molecule has 0 radical (unpaired) electrons. The number of carbonyl (C=O) groups is 2. The van der Waals surface area contributed by atoms with Crippen LogP contribution in [0.1, 0.15) is 55.5 Å². The van der Waals surface area contributed by atoms with E-state index in [1.807, 2.05) is 38.1 Å². The Morgan fingerprint density at radius 1 is 1.32 bits per heavy atom. The maximum atomic E-state index is 12.4. The largest absolute Gasteiger partial charge is 0.352 e. The summed E-state index contributed by atoms with van der Waals surface area (Å²) in [6, 6.07) is 7.66. The van der Waals surface area contributed by atoms with Crippen LogP contribution in [0.25, 0.3) is 0 Å². The molecule has 2 atom stereocenters. The minimum atomic E-state index is -0.0571. The summed E-state index contributed by atoms with van der Waals surface area (Å²) in [5.74, 6) is 0.279. The van der Waals surface area contributed by atoms with Crippen molar-refractivity contribution in [2.75, 3.05) is 13.1 Å². The molecule has 1 saturated heterocycles. The number of nitrogens with one attached hydrogen (secondary N) is 3. The molecule has 3 N–H and O–H groups in total. The summed E-state index contributed by atoms with van der Waals surface area (Å²) in [5.41, 5.74) is 1.87. The van der Waals surface area contributed by atoms with Crippen molar-refractivity contribution >= 4 is 11.8 Å². The first-order valence-electron chi connectivity index (χ1n) is 9.42. The first-order chi connectivity index (χ1) is 12.0. The summed E-state index contributed by atoms with van der Waals surface area (Å²) in [6.07, 6.45) is 4.14. The highest BCUT2D eigenvalue weighted by molar-refractivity contribution is 5.94. The highest BCUT2D eigenvalue weighted by Gasteiger charge is 2.57.